The fraction of sp³-hybridized carbons (Fsp3) is 0.154. The summed E-state index contributed by atoms with van der Waals surface area (Å²) in [5, 5.41) is 1.82. The maximum absolute atomic E-state index is 12.3. The molecule has 0 aliphatic carbocycles. The van der Waals surface area contributed by atoms with E-state index in [0.717, 1.165) is 0 Å². The molecule has 0 aromatic carbocycles. The Hall–Kier alpha value is -2.21. The van der Waals surface area contributed by atoms with Crippen LogP contribution >= 0.6 is 11.3 Å². The number of ether oxygens (including phenoxy) is 1. The lowest BCUT2D eigenvalue weighted by atomic mass is 10.3. The highest BCUT2D eigenvalue weighted by Gasteiger charge is 2.11. The third kappa shape index (κ3) is 1.90. The van der Waals surface area contributed by atoms with Crippen LogP contribution in [-0.4, -0.2) is 22.0 Å². The van der Waals surface area contributed by atoms with E-state index in [1.807, 2.05) is 5.38 Å². The van der Waals surface area contributed by atoms with E-state index in [-0.39, 0.29) is 5.56 Å². The molecule has 0 saturated carbocycles. The Balaban J connectivity index is 2.27. The maximum Gasteiger partial charge on any atom is 0.339 e. The second kappa shape index (κ2) is 4.47. The van der Waals surface area contributed by atoms with Crippen molar-refractivity contribution in [2.75, 3.05) is 6.61 Å². The highest BCUT2D eigenvalue weighted by Crippen LogP contribution is 2.16. The monoisotopic (exact) mass is 274 g/mol. The molecule has 3 rings (SSSR count). The Labute approximate surface area is 112 Å². The fourth-order valence-electron chi connectivity index (χ4n) is 1.87. The first-order valence-electron chi connectivity index (χ1n) is 5.77. The molecule has 0 bridgehead atoms. The third-order valence-corrected chi connectivity index (χ3v) is 3.62. The fourth-order valence-corrected chi connectivity index (χ4v) is 2.63. The quantitative estimate of drug-likeness (QED) is 0.671. The van der Waals surface area contributed by atoms with E-state index in [4.69, 9.17) is 4.74 Å². The topological polar surface area (TPSA) is 60.7 Å². The zero-order chi connectivity index (χ0) is 13.4. The zero-order valence-electron chi connectivity index (χ0n) is 10.1. The molecular formula is C13H10N2O3S. The second-order valence-corrected chi connectivity index (χ2v) is 4.83. The van der Waals surface area contributed by atoms with Crippen molar-refractivity contribution in [1.29, 1.82) is 0 Å². The second-order valence-electron chi connectivity index (χ2n) is 3.92. The van der Waals surface area contributed by atoms with E-state index in [2.05, 4.69) is 4.98 Å². The molecule has 0 atom stereocenters. The van der Waals surface area contributed by atoms with Gasteiger partial charge in [-0.2, -0.15) is 0 Å². The summed E-state index contributed by atoms with van der Waals surface area (Å²) in [4.78, 5) is 28.3. The van der Waals surface area contributed by atoms with Gasteiger partial charge in [-0.25, -0.2) is 9.78 Å². The van der Waals surface area contributed by atoms with Crippen LogP contribution in [-0.2, 0) is 4.74 Å². The van der Waals surface area contributed by atoms with Gasteiger partial charge in [0.1, 0.15) is 10.3 Å². The first-order valence-corrected chi connectivity index (χ1v) is 6.65. The van der Waals surface area contributed by atoms with Gasteiger partial charge in [0.15, 0.2) is 0 Å². The van der Waals surface area contributed by atoms with Crippen LogP contribution < -0.4 is 5.56 Å². The highest BCUT2D eigenvalue weighted by atomic mass is 32.1. The molecule has 0 radical (unpaired) electrons. The number of carbonyl (C=O) groups is 1. The van der Waals surface area contributed by atoms with Gasteiger partial charge in [-0.3, -0.25) is 9.20 Å². The molecule has 0 fully saturated rings. The first-order chi connectivity index (χ1) is 9.20. The van der Waals surface area contributed by atoms with Crippen molar-refractivity contribution in [2.24, 2.45) is 0 Å². The number of esters is 1. The van der Waals surface area contributed by atoms with E-state index < -0.39 is 5.97 Å². The molecule has 0 aliphatic rings. The van der Waals surface area contributed by atoms with Crippen LogP contribution in [0.4, 0.5) is 0 Å². The Morgan fingerprint density at radius 3 is 3.05 bits per heavy atom. The van der Waals surface area contributed by atoms with Gasteiger partial charge in [0.2, 0.25) is 0 Å². The number of thiophene rings is 1. The first kappa shape index (κ1) is 11.9. The normalized spacial score (nSPS) is 11.0. The van der Waals surface area contributed by atoms with E-state index in [1.54, 1.807) is 25.1 Å². The summed E-state index contributed by atoms with van der Waals surface area (Å²) >= 11 is 1.34. The molecule has 5 nitrogen and oxygen atoms in total. The number of aromatic nitrogens is 2. The minimum atomic E-state index is -0.442. The molecule has 3 aromatic heterocycles. The molecule has 96 valence electrons. The molecule has 0 N–H and O–H groups in total. The number of hydrogen-bond donors (Lipinski definition) is 0. The molecule has 0 spiro atoms. The molecule has 6 heteroatoms. The lowest BCUT2D eigenvalue weighted by molar-refractivity contribution is 0.0526. The van der Waals surface area contributed by atoms with Crippen molar-refractivity contribution in [1.82, 2.24) is 9.38 Å². The number of hydrogen-bond acceptors (Lipinski definition) is 5. The van der Waals surface area contributed by atoms with Crippen molar-refractivity contribution < 1.29 is 9.53 Å². The van der Waals surface area contributed by atoms with Crippen LogP contribution in [0.5, 0.6) is 0 Å². The van der Waals surface area contributed by atoms with Crippen LogP contribution in [0.3, 0.4) is 0 Å². The van der Waals surface area contributed by atoms with Crippen molar-refractivity contribution in [3.05, 3.63) is 45.7 Å². The molecular weight excluding hydrogens is 264 g/mol. The average molecular weight is 274 g/mol. The van der Waals surface area contributed by atoms with E-state index in [0.29, 0.717) is 28.0 Å². The Morgan fingerprint density at radius 1 is 1.42 bits per heavy atom. The third-order valence-electron chi connectivity index (χ3n) is 2.73. The number of rotatable bonds is 2. The predicted molar refractivity (Wildman–Crippen MR) is 72.8 cm³/mol. The van der Waals surface area contributed by atoms with Gasteiger partial charge >= 0.3 is 5.97 Å². The van der Waals surface area contributed by atoms with Crippen molar-refractivity contribution in [3.63, 3.8) is 0 Å². The minimum Gasteiger partial charge on any atom is -0.462 e. The van der Waals surface area contributed by atoms with Gasteiger partial charge in [-0.05, 0) is 30.5 Å². The molecule has 19 heavy (non-hydrogen) atoms. The number of fused-ring (bicyclic) bond motifs is 2. The van der Waals surface area contributed by atoms with Crippen LogP contribution in [0.2, 0.25) is 0 Å². The number of carbonyl (C=O) groups excluding carboxylic acids is 1. The molecule has 0 saturated heterocycles. The molecule has 0 unspecified atom stereocenters. The maximum atomic E-state index is 12.3. The summed E-state index contributed by atoms with van der Waals surface area (Å²) in [6.45, 7) is 2.04. The van der Waals surface area contributed by atoms with E-state index in [9.17, 15) is 9.59 Å². The predicted octanol–water partition coefficient (Wildman–Crippen LogP) is 2.09. The van der Waals surface area contributed by atoms with E-state index >= 15 is 0 Å². The number of pyridine rings is 1. The lowest BCUT2D eigenvalue weighted by Gasteiger charge is -2.04. The van der Waals surface area contributed by atoms with Crippen molar-refractivity contribution in [3.8, 4) is 0 Å². The van der Waals surface area contributed by atoms with Crippen LogP contribution in [0, 0.1) is 0 Å². The van der Waals surface area contributed by atoms with Crippen molar-refractivity contribution in [2.45, 2.75) is 6.92 Å². The largest absolute Gasteiger partial charge is 0.462 e. The van der Waals surface area contributed by atoms with Crippen LogP contribution in [0.15, 0.2) is 34.6 Å². The Bertz CT molecular complexity index is 835. The molecule has 3 heterocycles. The van der Waals surface area contributed by atoms with Crippen molar-refractivity contribution >= 4 is 33.2 Å². The average Bonchev–Trinajstić information content (AvgIpc) is 2.87. The van der Waals surface area contributed by atoms with Gasteiger partial charge in [-0.15, -0.1) is 11.3 Å². The summed E-state index contributed by atoms with van der Waals surface area (Å²) in [7, 11) is 0. The summed E-state index contributed by atoms with van der Waals surface area (Å²) in [5.41, 5.74) is 1.37. The smallest absolute Gasteiger partial charge is 0.339 e. The summed E-state index contributed by atoms with van der Waals surface area (Å²) in [6, 6.07) is 5.06. The highest BCUT2D eigenvalue weighted by molar-refractivity contribution is 7.17. The van der Waals surface area contributed by atoms with Crippen LogP contribution in [0.1, 0.15) is 17.3 Å². The molecule has 3 aromatic rings. The standard InChI is InChI=1S/C13H10N2O3S/c1-2-18-13(17)8-3-4-10-14-9-5-6-19-11(9)12(16)15(10)7-8/h3-7H,2H2,1H3. The minimum absolute atomic E-state index is 0.166. The Morgan fingerprint density at radius 2 is 2.26 bits per heavy atom. The molecule has 0 aliphatic heterocycles. The summed E-state index contributed by atoms with van der Waals surface area (Å²) in [6.07, 6.45) is 1.47. The SMILES string of the molecule is CCOC(=O)c1ccc2nc3ccsc3c(=O)n2c1. The number of nitrogens with zero attached hydrogens (tertiary/aromatic N) is 2. The van der Waals surface area contributed by atoms with Gasteiger partial charge in [-0.1, -0.05) is 0 Å². The summed E-state index contributed by atoms with van der Waals surface area (Å²) in [5.74, 6) is -0.442. The van der Waals surface area contributed by atoms with Crippen LogP contribution in [0.25, 0.3) is 15.9 Å². The summed E-state index contributed by atoms with van der Waals surface area (Å²) < 4.78 is 6.88. The van der Waals surface area contributed by atoms with Gasteiger partial charge in [0.25, 0.3) is 5.56 Å². The zero-order valence-corrected chi connectivity index (χ0v) is 10.9. The van der Waals surface area contributed by atoms with Gasteiger partial charge in [0, 0.05) is 6.20 Å². The van der Waals surface area contributed by atoms with E-state index in [1.165, 1.54) is 21.9 Å². The lowest BCUT2D eigenvalue weighted by Crippen LogP contribution is -2.16. The van der Waals surface area contributed by atoms with Gasteiger partial charge < -0.3 is 4.74 Å². The van der Waals surface area contributed by atoms with Gasteiger partial charge in [0.05, 0.1) is 17.7 Å². The molecule has 0 amide bonds. The Kier molecular flexibility index (Phi) is 2.79.